The molecule has 1 heterocycles. The molecule has 1 fully saturated rings. The number of halogens is 1. The van der Waals surface area contributed by atoms with Gasteiger partial charge in [-0.3, -0.25) is 9.48 Å². The van der Waals surface area contributed by atoms with E-state index in [2.05, 4.69) is 21.0 Å². The average Bonchev–Trinajstić information content (AvgIpc) is 2.83. The molecular weight excluding hydrogens is 280 g/mol. The minimum Gasteiger partial charge on any atom is -0.299 e. The van der Waals surface area contributed by atoms with E-state index >= 15 is 0 Å². The fourth-order valence-corrected chi connectivity index (χ4v) is 3.14. The molecule has 0 saturated heterocycles. The molecule has 0 atom stereocenters. The number of aromatic nitrogens is 2. The van der Waals surface area contributed by atoms with E-state index in [0.717, 1.165) is 22.3 Å². The van der Waals surface area contributed by atoms with Crippen LogP contribution in [0.25, 0.3) is 0 Å². The van der Waals surface area contributed by atoms with Gasteiger partial charge in [-0.25, -0.2) is 0 Å². The van der Waals surface area contributed by atoms with Crippen molar-refractivity contribution in [3.63, 3.8) is 0 Å². The first-order chi connectivity index (χ1) is 8.08. The van der Waals surface area contributed by atoms with Crippen LogP contribution in [0, 0.1) is 12.8 Å². The molecule has 0 aromatic carbocycles. The summed E-state index contributed by atoms with van der Waals surface area (Å²) < 4.78 is 2.80. The highest BCUT2D eigenvalue weighted by Crippen LogP contribution is 2.28. The van der Waals surface area contributed by atoms with Crippen molar-refractivity contribution in [1.29, 1.82) is 0 Å². The van der Waals surface area contributed by atoms with E-state index in [4.69, 9.17) is 0 Å². The fourth-order valence-electron chi connectivity index (χ4n) is 2.67. The second-order valence-electron chi connectivity index (χ2n) is 5.04. The van der Waals surface area contributed by atoms with E-state index in [1.165, 1.54) is 25.7 Å². The fraction of sp³-hybridized carbons (Fsp3) is 0.692. The number of Topliss-reactive ketones (excluding diaryl/α,β-unsaturated/α-hetero) is 1. The summed E-state index contributed by atoms with van der Waals surface area (Å²) in [4.78, 5) is 12.0. The van der Waals surface area contributed by atoms with Crippen molar-refractivity contribution in [3.8, 4) is 0 Å². The smallest absolute Gasteiger partial charge is 0.139 e. The second-order valence-corrected chi connectivity index (χ2v) is 5.83. The van der Waals surface area contributed by atoms with Gasteiger partial charge >= 0.3 is 0 Å². The number of rotatable bonds is 4. The minimum atomic E-state index is 0.348. The topological polar surface area (TPSA) is 34.9 Å². The van der Waals surface area contributed by atoms with E-state index in [0.29, 0.717) is 18.1 Å². The summed E-state index contributed by atoms with van der Waals surface area (Å²) in [5, 5.41) is 4.31. The Hall–Kier alpha value is -0.640. The normalized spacial score (nSPS) is 16.6. The van der Waals surface area contributed by atoms with Gasteiger partial charge in [0.2, 0.25) is 0 Å². The third-order valence-corrected chi connectivity index (χ3v) is 4.65. The largest absolute Gasteiger partial charge is 0.299 e. The molecule has 94 valence electrons. The zero-order valence-corrected chi connectivity index (χ0v) is 12.1. The summed E-state index contributed by atoms with van der Waals surface area (Å²) in [5.41, 5.74) is 1.96. The maximum atomic E-state index is 12.0. The van der Waals surface area contributed by atoms with Gasteiger partial charge in [0.1, 0.15) is 5.78 Å². The zero-order chi connectivity index (χ0) is 12.4. The SMILES string of the molecule is Cc1nn(C)c(CC(=O)CC2CCCC2)c1Br. The molecule has 1 aromatic heterocycles. The van der Waals surface area contributed by atoms with Crippen molar-refractivity contribution in [2.24, 2.45) is 13.0 Å². The molecule has 1 saturated carbocycles. The monoisotopic (exact) mass is 298 g/mol. The van der Waals surface area contributed by atoms with Crippen LogP contribution in [0.15, 0.2) is 4.47 Å². The maximum absolute atomic E-state index is 12.0. The maximum Gasteiger partial charge on any atom is 0.139 e. The molecule has 4 heteroatoms. The van der Waals surface area contributed by atoms with Crippen molar-refractivity contribution in [1.82, 2.24) is 9.78 Å². The van der Waals surface area contributed by atoms with E-state index < -0.39 is 0 Å². The van der Waals surface area contributed by atoms with Gasteiger partial charge in [0.05, 0.1) is 15.9 Å². The first-order valence-electron chi connectivity index (χ1n) is 6.27. The molecule has 2 rings (SSSR count). The van der Waals surface area contributed by atoms with Gasteiger partial charge in [-0.05, 0) is 28.8 Å². The quantitative estimate of drug-likeness (QED) is 0.856. The van der Waals surface area contributed by atoms with Gasteiger partial charge in [-0.2, -0.15) is 5.10 Å². The van der Waals surface area contributed by atoms with Crippen molar-refractivity contribution in [2.75, 3.05) is 0 Å². The van der Waals surface area contributed by atoms with Gasteiger partial charge in [-0.15, -0.1) is 0 Å². The van der Waals surface area contributed by atoms with Gasteiger partial charge in [0, 0.05) is 19.9 Å². The van der Waals surface area contributed by atoms with Crippen molar-refractivity contribution < 1.29 is 4.79 Å². The Balaban J connectivity index is 1.97. The van der Waals surface area contributed by atoms with E-state index in [9.17, 15) is 4.79 Å². The number of hydrogen-bond donors (Lipinski definition) is 0. The Morgan fingerprint density at radius 2 is 2.12 bits per heavy atom. The van der Waals surface area contributed by atoms with Crippen LogP contribution in [-0.4, -0.2) is 15.6 Å². The van der Waals surface area contributed by atoms with Crippen LogP contribution in [0.2, 0.25) is 0 Å². The Morgan fingerprint density at radius 3 is 2.65 bits per heavy atom. The summed E-state index contributed by atoms with van der Waals surface area (Å²) in [6.45, 7) is 1.95. The Kier molecular flexibility index (Phi) is 4.02. The lowest BCUT2D eigenvalue weighted by atomic mass is 9.99. The summed E-state index contributed by atoms with van der Waals surface area (Å²) in [6, 6.07) is 0. The lowest BCUT2D eigenvalue weighted by molar-refractivity contribution is -0.119. The first-order valence-corrected chi connectivity index (χ1v) is 7.07. The predicted molar refractivity (Wildman–Crippen MR) is 70.9 cm³/mol. The van der Waals surface area contributed by atoms with Crippen molar-refractivity contribution in [3.05, 3.63) is 15.9 Å². The molecule has 0 radical (unpaired) electrons. The van der Waals surface area contributed by atoms with Crippen molar-refractivity contribution in [2.45, 2.75) is 45.4 Å². The van der Waals surface area contributed by atoms with Crippen LogP contribution in [0.4, 0.5) is 0 Å². The summed E-state index contributed by atoms with van der Waals surface area (Å²) in [7, 11) is 1.90. The predicted octanol–water partition coefficient (Wildman–Crippen LogP) is 3.18. The Morgan fingerprint density at radius 1 is 1.47 bits per heavy atom. The van der Waals surface area contributed by atoms with Gasteiger partial charge in [0.15, 0.2) is 0 Å². The van der Waals surface area contributed by atoms with Crippen LogP contribution < -0.4 is 0 Å². The summed E-state index contributed by atoms with van der Waals surface area (Å²) in [5.74, 6) is 0.983. The molecule has 17 heavy (non-hydrogen) atoms. The minimum absolute atomic E-state index is 0.348. The molecule has 1 aliphatic rings. The van der Waals surface area contributed by atoms with Gasteiger partial charge in [0.25, 0.3) is 0 Å². The lowest BCUT2D eigenvalue weighted by Gasteiger charge is -2.08. The highest BCUT2D eigenvalue weighted by atomic mass is 79.9. The van der Waals surface area contributed by atoms with Crippen LogP contribution in [-0.2, 0) is 18.3 Å². The molecule has 0 unspecified atom stereocenters. The van der Waals surface area contributed by atoms with Crippen LogP contribution >= 0.6 is 15.9 Å². The second kappa shape index (κ2) is 5.34. The number of ketones is 1. The van der Waals surface area contributed by atoms with E-state index in [1.807, 2.05) is 18.7 Å². The molecule has 0 N–H and O–H groups in total. The third-order valence-electron chi connectivity index (χ3n) is 3.62. The highest BCUT2D eigenvalue weighted by Gasteiger charge is 2.20. The lowest BCUT2D eigenvalue weighted by Crippen LogP contribution is -2.11. The Bertz CT molecular complexity index is 419. The van der Waals surface area contributed by atoms with Crippen LogP contribution in [0.5, 0.6) is 0 Å². The molecule has 0 aliphatic heterocycles. The summed E-state index contributed by atoms with van der Waals surface area (Å²) in [6.07, 6.45) is 6.32. The van der Waals surface area contributed by atoms with Crippen molar-refractivity contribution >= 4 is 21.7 Å². The molecule has 0 bridgehead atoms. The Labute approximate surface area is 111 Å². The van der Waals surface area contributed by atoms with Crippen LogP contribution in [0.1, 0.15) is 43.5 Å². The molecule has 1 aromatic rings. The molecule has 1 aliphatic carbocycles. The van der Waals surface area contributed by atoms with E-state index in [-0.39, 0.29) is 0 Å². The number of aryl methyl sites for hydroxylation is 2. The van der Waals surface area contributed by atoms with Gasteiger partial charge in [-0.1, -0.05) is 25.7 Å². The molecule has 0 spiro atoms. The standard InChI is InChI=1S/C13H19BrN2O/c1-9-13(14)12(16(2)15-9)8-11(17)7-10-5-3-4-6-10/h10H,3-8H2,1-2H3. The van der Waals surface area contributed by atoms with E-state index in [1.54, 1.807) is 0 Å². The van der Waals surface area contributed by atoms with Crippen LogP contribution in [0.3, 0.4) is 0 Å². The first kappa shape index (κ1) is 12.8. The number of nitrogens with zero attached hydrogens (tertiary/aromatic N) is 2. The zero-order valence-electron chi connectivity index (χ0n) is 10.5. The number of carbonyl (C=O) groups is 1. The third kappa shape index (κ3) is 2.97. The average molecular weight is 299 g/mol. The number of hydrogen-bond acceptors (Lipinski definition) is 2. The highest BCUT2D eigenvalue weighted by molar-refractivity contribution is 9.10. The molecular formula is C13H19BrN2O. The molecule has 3 nitrogen and oxygen atoms in total. The summed E-state index contributed by atoms with van der Waals surface area (Å²) >= 11 is 3.51. The van der Waals surface area contributed by atoms with Gasteiger partial charge < -0.3 is 0 Å². The number of carbonyl (C=O) groups excluding carboxylic acids is 1. The molecule has 0 amide bonds.